The number of sulfonamides is 1. The number of rotatable bonds is 11. The van der Waals surface area contributed by atoms with Crippen molar-refractivity contribution >= 4 is 16.1 Å². The van der Waals surface area contributed by atoms with E-state index in [1.165, 1.54) is 6.42 Å². The number of hydrogen-bond acceptors (Lipinski definition) is 6. The Hall–Kier alpha value is -0.900. The van der Waals surface area contributed by atoms with Crippen molar-refractivity contribution in [1.29, 1.82) is 0 Å². The maximum absolute atomic E-state index is 12.2. The predicted octanol–water partition coefficient (Wildman–Crippen LogP) is 2.29. The number of hydrogen-bond donors (Lipinski definition) is 4. The second-order valence-corrected chi connectivity index (χ2v) is 10.9. The Morgan fingerprint density at radius 3 is 2.34 bits per heavy atom. The topological polar surface area (TPSA) is 125 Å². The van der Waals surface area contributed by atoms with E-state index in [0.29, 0.717) is 25.3 Å². The van der Waals surface area contributed by atoms with Gasteiger partial charge in [-0.15, -0.1) is 0 Å². The van der Waals surface area contributed by atoms with Gasteiger partial charge >= 0.3 is 6.09 Å². The first-order chi connectivity index (χ1) is 13.4. The van der Waals surface area contributed by atoms with Gasteiger partial charge in [0.25, 0.3) is 0 Å². The maximum atomic E-state index is 12.2. The van der Waals surface area contributed by atoms with Crippen molar-refractivity contribution in [3.05, 3.63) is 0 Å². The Balaban J connectivity index is 2.78. The summed E-state index contributed by atoms with van der Waals surface area (Å²) in [6.07, 6.45) is 3.75. The lowest BCUT2D eigenvalue weighted by Crippen LogP contribution is -2.52. The van der Waals surface area contributed by atoms with Crippen molar-refractivity contribution in [2.45, 2.75) is 103 Å². The molecule has 1 fully saturated rings. The quantitative estimate of drug-likeness (QED) is 0.368. The summed E-state index contributed by atoms with van der Waals surface area (Å²) in [4.78, 5) is 12.2. The van der Waals surface area contributed by atoms with Gasteiger partial charge in [-0.25, -0.2) is 17.9 Å². The molecule has 9 heteroatoms. The zero-order valence-electron chi connectivity index (χ0n) is 18.3. The van der Waals surface area contributed by atoms with Crippen molar-refractivity contribution in [2.75, 3.05) is 12.3 Å². The number of ether oxygens (including phenoxy) is 1. The van der Waals surface area contributed by atoms with Crippen LogP contribution in [0.5, 0.6) is 0 Å². The van der Waals surface area contributed by atoms with Crippen molar-refractivity contribution in [2.24, 2.45) is 5.92 Å². The van der Waals surface area contributed by atoms with Crippen LogP contribution in [0.1, 0.15) is 79.1 Å². The molecule has 1 rings (SSSR count). The number of carbonyl (C=O) groups excluding carboxylic acids is 1. The molecule has 1 saturated carbocycles. The summed E-state index contributed by atoms with van der Waals surface area (Å²) >= 11 is 0. The van der Waals surface area contributed by atoms with Gasteiger partial charge in [-0.05, 0) is 39.5 Å². The largest absolute Gasteiger partial charge is 0.444 e. The second kappa shape index (κ2) is 12.1. The van der Waals surface area contributed by atoms with Crippen molar-refractivity contribution in [3.8, 4) is 0 Å². The third-order valence-electron chi connectivity index (χ3n) is 5.06. The first-order valence-corrected chi connectivity index (χ1v) is 12.4. The average Bonchev–Trinajstić information content (AvgIpc) is 2.59. The molecule has 0 aromatic rings. The molecular formula is C20H40N2O6S. The zero-order chi connectivity index (χ0) is 22.1. The molecule has 1 aliphatic rings. The van der Waals surface area contributed by atoms with Crippen LogP contribution in [-0.2, 0) is 14.8 Å². The molecule has 0 aliphatic heterocycles. The fourth-order valence-electron chi connectivity index (χ4n) is 3.58. The molecular weight excluding hydrogens is 396 g/mol. The van der Waals surface area contributed by atoms with Gasteiger partial charge in [0.15, 0.2) is 0 Å². The predicted molar refractivity (Wildman–Crippen MR) is 113 cm³/mol. The van der Waals surface area contributed by atoms with E-state index in [1.54, 1.807) is 20.8 Å². The standard InChI is InChI=1S/C20H40N2O6S/c1-5-6-12-21-29(26,27)14-17(23)18(24)16(13-15-10-8-7-9-11-15)22-19(25)28-20(2,3)4/h15-18,21,23-24H,5-14H2,1-4H3,(H,22,25)/t16-,17-,18+/m0/s1. The third-order valence-corrected chi connectivity index (χ3v) is 6.49. The lowest BCUT2D eigenvalue weighted by molar-refractivity contribution is -0.00522. The third kappa shape index (κ3) is 11.2. The molecule has 0 aromatic carbocycles. The highest BCUT2D eigenvalue weighted by Gasteiger charge is 2.34. The molecule has 0 aromatic heterocycles. The van der Waals surface area contributed by atoms with E-state index in [1.807, 2.05) is 6.92 Å². The summed E-state index contributed by atoms with van der Waals surface area (Å²) in [5.41, 5.74) is -0.699. The summed E-state index contributed by atoms with van der Waals surface area (Å²) in [7, 11) is -3.73. The molecule has 4 N–H and O–H groups in total. The van der Waals surface area contributed by atoms with Gasteiger partial charge in [-0.3, -0.25) is 0 Å². The monoisotopic (exact) mass is 436 g/mol. The fraction of sp³-hybridized carbons (Fsp3) is 0.950. The Morgan fingerprint density at radius 2 is 1.79 bits per heavy atom. The summed E-state index contributed by atoms with van der Waals surface area (Å²) in [6.45, 7) is 7.46. The SMILES string of the molecule is CCCCNS(=O)(=O)C[C@H](O)[C@H](O)[C@H](CC1CCCCC1)NC(=O)OC(C)(C)C. The van der Waals surface area contributed by atoms with Gasteiger partial charge in [-0.2, -0.15) is 0 Å². The van der Waals surface area contributed by atoms with Gasteiger partial charge in [0.2, 0.25) is 10.0 Å². The first kappa shape index (κ1) is 26.1. The van der Waals surface area contributed by atoms with Crippen LogP contribution in [0.25, 0.3) is 0 Å². The number of alkyl carbamates (subject to hydrolysis) is 1. The van der Waals surface area contributed by atoms with Crippen LogP contribution in [0.2, 0.25) is 0 Å². The van der Waals surface area contributed by atoms with Crippen molar-refractivity contribution < 1.29 is 28.2 Å². The van der Waals surface area contributed by atoms with Crippen LogP contribution in [0, 0.1) is 5.92 Å². The van der Waals surface area contributed by atoms with E-state index in [4.69, 9.17) is 4.74 Å². The molecule has 172 valence electrons. The van der Waals surface area contributed by atoms with Crippen LogP contribution in [0.4, 0.5) is 4.79 Å². The van der Waals surface area contributed by atoms with Gasteiger partial charge in [-0.1, -0.05) is 45.4 Å². The van der Waals surface area contributed by atoms with E-state index in [2.05, 4.69) is 10.0 Å². The van der Waals surface area contributed by atoms with Crippen LogP contribution < -0.4 is 10.0 Å². The van der Waals surface area contributed by atoms with E-state index in [0.717, 1.165) is 32.1 Å². The van der Waals surface area contributed by atoms with E-state index >= 15 is 0 Å². The maximum Gasteiger partial charge on any atom is 0.407 e. The number of amides is 1. The number of nitrogens with one attached hydrogen (secondary N) is 2. The van der Waals surface area contributed by atoms with Gasteiger partial charge < -0.3 is 20.3 Å². The number of aliphatic hydroxyl groups is 2. The van der Waals surface area contributed by atoms with Gasteiger partial charge in [0.05, 0.1) is 17.9 Å². The lowest BCUT2D eigenvalue weighted by atomic mass is 9.83. The average molecular weight is 437 g/mol. The second-order valence-electron chi connectivity index (χ2n) is 9.08. The number of aliphatic hydroxyl groups excluding tert-OH is 2. The van der Waals surface area contributed by atoms with Gasteiger partial charge in [0.1, 0.15) is 11.7 Å². The molecule has 1 aliphatic carbocycles. The number of carbonyl (C=O) groups is 1. The number of unbranched alkanes of at least 4 members (excludes halogenated alkanes) is 1. The fourth-order valence-corrected chi connectivity index (χ4v) is 4.80. The zero-order valence-corrected chi connectivity index (χ0v) is 19.1. The van der Waals surface area contributed by atoms with Crippen LogP contribution in [0.3, 0.4) is 0 Å². The molecule has 0 spiro atoms. The smallest absolute Gasteiger partial charge is 0.407 e. The van der Waals surface area contributed by atoms with E-state index in [-0.39, 0.29) is 0 Å². The highest BCUT2D eigenvalue weighted by atomic mass is 32.2. The minimum absolute atomic E-state index is 0.295. The molecule has 0 heterocycles. The van der Waals surface area contributed by atoms with E-state index < -0.39 is 45.7 Å². The van der Waals surface area contributed by atoms with Crippen LogP contribution in [0.15, 0.2) is 0 Å². The molecule has 0 bridgehead atoms. The molecule has 1 amide bonds. The minimum Gasteiger partial charge on any atom is -0.444 e. The van der Waals surface area contributed by atoms with Crippen molar-refractivity contribution in [1.82, 2.24) is 10.0 Å². The van der Waals surface area contributed by atoms with E-state index in [9.17, 15) is 23.4 Å². The first-order valence-electron chi connectivity index (χ1n) is 10.8. The summed E-state index contributed by atoms with van der Waals surface area (Å²) in [6, 6.07) is -0.784. The van der Waals surface area contributed by atoms with Crippen molar-refractivity contribution in [3.63, 3.8) is 0 Å². The van der Waals surface area contributed by atoms with Crippen LogP contribution >= 0.6 is 0 Å². The Kier molecular flexibility index (Phi) is 10.9. The lowest BCUT2D eigenvalue weighted by Gasteiger charge is -2.32. The Morgan fingerprint density at radius 1 is 1.17 bits per heavy atom. The molecule has 8 nitrogen and oxygen atoms in total. The van der Waals surface area contributed by atoms with Crippen LogP contribution in [-0.4, -0.2) is 60.9 Å². The molecule has 3 atom stereocenters. The molecule has 29 heavy (non-hydrogen) atoms. The summed E-state index contributed by atoms with van der Waals surface area (Å²) < 4.78 is 32.0. The normalized spacial score (nSPS) is 19.4. The highest BCUT2D eigenvalue weighted by Crippen LogP contribution is 2.28. The summed E-state index contributed by atoms with van der Waals surface area (Å²) in [5, 5.41) is 23.7. The molecule has 0 radical (unpaired) electrons. The van der Waals surface area contributed by atoms with Gasteiger partial charge in [0, 0.05) is 6.54 Å². The molecule has 0 unspecified atom stereocenters. The highest BCUT2D eigenvalue weighted by molar-refractivity contribution is 7.89. The minimum atomic E-state index is -3.73. The Bertz CT molecular complexity index is 584. The Labute approximate surface area is 175 Å². The molecule has 0 saturated heterocycles. The summed E-state index contributed by atoms with van der Waals surface area (Å²) in [5.74, 6) is -0.306.